The number of nitrogens with zero attached hydrogens (tertiary/aromatic N) is 4. The molecule has 126 valence electrons. The van der Waals surface area contributed by atoms with Crippen molar-refractivity contribution in [2.24, 2.45) is 5.73 Å². The van der Waals surface area contributed by atoms with Gasteiger partial charge in [-0.2, -0.15) is 4.98 Å². The second-order valence-corrected chi connectivity index (χ2v) is 6.34. The van der Waals surface area contributed by atoms with E-state index in [1.165, 1.54) is 6.20 Å². The molecule has 0 radical (unpaired) electrons. The number of rotatable bonds is 5. The van der Waals surface area contributed by atoms with Gasteiger partial charge in [0.05, 0.1) is 12.2 Å². The zero-order valence-corrected chi connectivity index (χ0v) is 14.1. The highest BCUT2D eigenvalue weighted by molar-refractivity contribution is 7.18. The summed E-state index contributed by atoms with van der Waals surface area (Å²) in [5.74, 6) is -0.105. The number of nitrogens with two attached hydrogens (primary N) is 1. The number of fused-ring (bicyclic) bond motifs is 1. The Bertz CT molecular complexity index is 887. The number of anilines is 1. The summed E-state index contributed by atoms with van der Waals surface area (Å²) in [7, 11) is 0. The second kappa shape index (κ2) is 6.88. The molecule has 0 aliphatic heterocycles. The van der Waals surface area contributed by atoms with Crippen LogP contribution in [0, 0.1) is 12.7 Å². The van der Waals surface area contributed by atoms with E-state index in [1.54, 1.807) is 13.0 Å². The topological polar surface area (TPSA) is 89.6 Å². The first kappa shape index (κ1) is 16.9. The Hall–Kier alpha value is -1.97. The van der Waals surface area contributed by atoms with E-state index in [1.807, 2.05) is 0 Å². The first-order valence-corrected chi connectivity index (χ1v) is 8.21. The molecule has 0 spiro atoms. The normalized spacial score (nSPS) is 12.5. The summed E-state index contributed by atoms with van der Waals surface area (Å²) in [4.78, 5) is 16.7. The predicted molar refractivity (Wildman–Crippen MR) is 89.4 cm³/mol. The molecule has 1 atom stereocenters. The molecule has 3 rings (SSSR count). The maximum absolute atomic E-state index is 14.0. The monoisotopic (exact) mass is 370 g/mol. The molecule has 3 aromatic heterocycles. The predicted octanol–water partition coefficient (Wildman–Crippen LogP) is 3.16. The number of nitrogens with one attached hydrogen (secondary N) is 1. The summed E-state index contributed by atoms with van der Waals surface area (Å²) < 4.78 is 27.8. The molecule has 0 aliphatic rings. The lowest BCUT2D eigenvalue weighted by Gasteiger charge is -2.07. The van der Waals surface area contributed by atoms with Crippen molar-refractivity contribution in [1.29, 1.82) is 0 Å². The van der Waals surface area contributed by atoms with E-state index in [9.17, 15) is 8.78 Å². The third-order valence-corrected chi connectivity index (χ3v) is 4.50. The molecule has 0 aliphatic carbocycles. The van der Waals surface area contributed by atoms with Crippen molar-refractivity contribution in [2.75, 3.05) is 11.9 Å². The summed E-state index contributed by atoms with van der Waals surface area (Å²) in [6.45, 7) is 1.56. The van der Waals surface area contributed by atoms with E-state index >= 15 is 0 Å². The number of aryl methyl sites for hydroxylation is 1. The van der Waals surface area contributed by atoms with Crippen LogP contribution in [-0.2, 0) is 6.54 Å². The van der Waals surface area contributed by atoms with Gasteiger partial charge < -0.3 is 11.1 Å². The number of halogens is 3. The fraction of sp³-hybridized carbons (Fsp3) is 0.286. The van der Waals surface area contributed by atoms with Gasteiger partial charge in [-0.15, -0.1) is 0 Å². The Balaban J connectivity index is 1.93. The Kier molecular flexibility index (Phi) is 4.83. The average Bonchev–Trinajstić information content (AvgIpc) is 2.99. The molecule has 0 saturated carbocycles. The smallest absolute Gasteiger partial charge is 0.225 e. The van der Waals surface area contributed by atoms with Crippen LogP contribution in [0.4, 0.5) is 14.6 Å². The minimum atomic E-state index is -1.38. The second-order valence-electron chi connectivity index (χ2n) is 4.99. The number of hydrogen-bond donors (Lipinski definition) is 2. The molecule has 10 heteroatoms. The van der Waals surface area contributed by atoms with Gasteiger partial charge in [-0.3, -0.25) is 4.98 Å². The number of alkyl halides is 1. The van der Waals surface area contributed by atoms with Gasteiger partial charge in [0.1, 0.15) is 16.3 Å². The standard InChI is InChI=1S/C14H13ClF2N6S/c1-6-2-3-19-8(9(6)17)5-20-11-10-13(23-14(15)22-11)24-12(21-10)7(16)4-18/h2-3,7H,4-5,18H2,1H3,(H,20,22,23). The fourth-order valence-electron chi connectivity index (χ4n) is 2.06. The van der Waals surface area contributed by atoms with Crippen molar-refractivity contribution < 1.29 is 8.78 Å². The first-order chi connectivity index (χ1) is 11.5. The molecule has 24 heavy (non-hydrogen) atoms. The van der Waals surface area contributed by atoms with Crippen molar-refractivity contribution in [3.8, 4) is 0 Å². The molecule has 0 aromatic carbocycles. The van der Waals surface area contributed by atoms with Gasteiger partial charge in [0, 0.05) is 12.7 Å². The third-order valence-electron chi connectivity index (χ3n) is 3.30. The SMILES string of the molecule is Cc1ccnc(CNc2nc(Cl)nc3sc(C(F)CN)nc23)c1F. The summed E-state index contributed by atoms with van der Waals surface area (Å²) in [5.41, 5.74) is 6.42. The molecular formula is C14H13ClF2N6S. The van der Waals surface area contributed by atoms with E-state index in [-0.39, 0.29) is 29.1 Å². The molecule has 0 bridgehead atoms. The summed E-state index contributed by atoms with van der Waals surface area (Å²) in [5, 5.41) is 3.12. The molecule has 1 unspecified atom stereocenters. The van der Waals surface area contributed by atoms with E-state index in [4.69, 9.17) is 17.3 Å². The largest absolute Gasteiger partial charge is 0.362 e. The van der Waals surface area contributed by atoms with Crippen LogP contribution in [0.1, 0.15) is 22.4 Å². The third kappa shape index (κ3) is 3.28. The van der Waals surface area contributed by atoms with Gasteiger partial charge in [-0.1, -0.05) is 11.3 Å². The molecule has 3 aromatic rings. The lowest BCUT2D eigenvalue weighted by atomic mass is 10.2. The molecular weight excluding hydrogens is 358 g/mol. The van der Waals surface area contributed by atoms with Crippen LogP contribution in [0.5, 0.6) is 0 Å². The Labute approximate surface area is 145 Å². The number of aromatic nitrogens is 4. The Morgan fingerprint density at radius 3 is 2.92 bits per heavy atom. The summed E-state index contributed by atoms with van der Waals surface area (Å²) in [6.07, 6.45) is 0.139. The van der Waals surface area contributed by atoms with Gasteiger partial charge in [-0.25, -0.2) is 18.7 Å². The average molecular weight is 371 g/mol. The van der Waals surface area contributed by atoms with Crippen LogP contribution >= 0.6 is 22.9 Å². The maximum atomic E-state index is 14.0. The van der Waals surface area contributed by atoms with E-state index in [0.29, 0.717) is 21.7 Å². The van der Waals surface area contributed by atoms with E-state index in [2.05, 4.69) is 25.3 Å². The van der Waals surface area contributed by atoms with Gasteiger partial charge in [0.15, 0.2) is 16.8 Å². The first-order valence-electron chi connectivity index (χ1n) is 7.01. The van der Waals surface area contributed by atoms with Crippen molar-refractivity contribution in [2.45, 2.75) is 19.6 Å². The molecule has 0 fully saturated rings. The zero-order valence-electron chi connectivity index (χ0n) is 12.6. The van der Waals surface area contributed by atoms with Crippen molar-refractivity contribution in [3.05, 3.63) is 39.6 Å². The minimum Gasteiger partial charge on any atom is -0.362 e. The Morgan fingerprint density at radius 2 is 2.17 bits per heavy atom. The van der Waals surface area contributed by atoms with Gasteiger partial charge >= 0.3 is 0 Å². The number of thiazole rings is 1. The fourth-order valence-corrected chi connectivity index (χ4v) is 3.21. The molecule has 3 N–H and O–H groups in total. The zero-order chi connectivity index (χ0) is 17.3. The van der Waals surface area contributed by atoms with Crippen LogP contribution in [0.3, 0.4) is 0 Å². The number of hydrogen-bond acceptors (Lipinski definition) is 7. The molecule has 3 heterocycles. The molecule has 0 saturated heterocycles. The quantitative estimate of drug-likeness (QED) is 0.670. The highest BCUT2D eigenvalue weighted by Gasteiger charge is 2.18. The van der Waals surface area contributed by atoms with Crippen LogP contribution < -0.4 is 11.1 Å². The maximum Gasteiger partial charge on any atom is 0.225 e. The highest BCUT2D eigenvalue weighted by atomic mass is 35.5. The highest BCUT2D eigenvalue weighted by Crippen LogP contribution is 2.31. The Morgan fingerprint density at radius 1 is 1.38 bits per heavy atom. The van der Waals surface area contributed by atoms with Gasteiger partial charge in [0.25, 0.3) is 0 Å². The summed E-state index contributed by atoms with van der Waals surface area (Å²) >= 11 is 6.95. The van der Waals surface area contributed by atoms with Crippen molar-refractivity contribution in [1.82, 2.24) is 19.9 Å². The summed E-state index contributed by atoms with van der Waals surface area (Å²) in [6, 6.07) is 1.58. The van der Waals surface area contributed by atoms with Gasteiger partial charge in [0.2, 0.25) is 5.28 Å². The minimum absolute atomic E-state index is 0.0129. The van der Waals surface area contributed by atoms with Crippen molar-refractivity contribution >= 4 is 39.1 Å². The van der Waals surface area contributed by atoms with E-state index < -0.39 is 12.0 Å². The lowest BCUT2D eigenvalue weighted by Crippen LogP contribution is -2.08. The molecule has 6 nitrogen and oxygen atoms in total. The van der Waals surface area contributed by atoms with Crippen molar-refractivity contribution in [3.63, 3.8) is 0 Å². The molecule has 0 amide bonds. The van der Waals surface area contributed by atoms with Gasteiger partial charge in [-0.05, 0) is 30.2 Å². The lowest BCUT2D eigenvalue weighted by molar-refractivity contribution is 0.352. The van der Waals surface area contributed by atoms with E-state index in [0.717, 1.165) is 11.3 Å². The van der Waals surface area contributed by atoms with Crippen LogP contribution in [0.25, 0.3) is 10.3 Å². The van der Waals surface area contributed by atoms with Crippen LogP contribution in [0.15, 0.2) is 12.3 Å². The number of pyridine rings is 1. The van der Waals surface area contributed by atoms with Crippen LogP contribution in [-0.4, -0.2) is 26.5 Å². The van der Waals surface area contributed by atoms with Crippen LogP contribution in [0.2, 0.25) is 5.28 Å².